The molecule has 0 aromatic heterocycles. The highest BCUT2D eigenvalue weighted by Crippen LogP contribution is 2.23. The maximum atomic E-state index is 5.66. The minimum Gasteiger partial charge on any atom is -0.327 e. The standard InChI is InChI=1S/C11H26N2/c1-9(2)6-11(4,5)8-13-7-10(3)12/h9-10,13H,6-8,12H2,1-5H3. The third-order valence-electron chi connectivity index (χ3n) is 2.03. The molecule has 0 heterocycles. The fourth-order valence-corrected chi connectivity index (χ4v) is 1.82. The molecule has 0 rings (SSSR count). The molecule has 0 saturated carbocycles. The summed E-state index contributed by atoms with van der Waals surface area (Å²) in [6, 6.07) is 0.259. The zero-order valence-electron chi connectivity index (χ0n) is 9.85. The van der Waals surface area contributed by atoms with Crippen LogP contribution in [0, 0.1) is 11.3 Å². The van der Waals surface area contributed by atoms with Gasteiger partial charge in [0, 0.05) is 19.1 Å². The van der Waals surface area contributed by atoms with Gasteiger partial charge in [-0.3, -0.25) is 0 Å². The van der Waals surface area contributed by atoms with Crippen molar-refractivity contribution < 1.29 is 0 Å². The van der Waals surface area contributed by atoms with Crippen molar-refractivity contribution in [3.63, 3.8) is 0 Å². The Morgan fingerprint density at radius 2 is 1.77 bits per heavy atom. The van der Waals surface area contributed by atoms with Crippen molar-refractivity contribution in [2.24, 2.45) is 17.1 Å². The van der Waals surface area contributed by atoms with Gasteiger partial charge in [-0.15, -0.1) is 0 Å². The van der Waals surface area contributed by atoms with Crippen molar-refractivity contribution in [3.8, 4) is 0 Å². The Morgan fingerprint density at radius 3 is 2.15 bits per heavy atom. The quantitative estimate of drug-likeness (QED) is 0.666. The summed E-state index contributed by atoms with van der Waals surface area (Å²) in [5.74, 6) is 0.770. The SMILES string of the molecule is CC(C)CC(C)(C)CNCC(C)N. The summed E-state index contributed by atoms with van der Waals surface area (Å²) in [5.41, 5.74) is 6.05. The summed E-state index contributed by atoms with van der Waals surface area (Å²) in [4.78, 5) is 0. The summed E-state index contributed by atoms with van der Waals surface area (Å²) in [7, 11) is 0. The van der Waals surface area contributed by atoms with E-state index in [-0.39, 0.29) is 6.04 Å². The van der Waals surface area contributed by atoms with Gasteiger partial charge in [-0.25, -0.2) is 0 Å². The van der Waals surface area contributed by atoms with Gasteiger partial charge in [-0.05, 0) is 24.7 Å². The molecule has 0 spiro atoms. The van der Waals surface area contributed by atoms with Crippen LogP contribution in [0.2, 0.25) is 0 Å². The Hall–Kier alpha value is -0.0800. The minimum atomic E-state index is 0.259. The topological polar surface area (TPSA) is 38.0 Å². The predicted molar refractivity (Wildman–Crippen MR) is 59.8 cm³/mol. The largest absolute Gasteiger partial charge is 0.327 e. The average molecular weight is 186 g/mol. The van der Waals surface area contributed by atoms with E-state index in [1.165, 1.54) is 6.42 Å². The normalized spacial score (nSPS) is 15.0. The second kappa shape index (κ2) is 5.61. The number of hydrogen-bond donors (Lipinski definition) is 2. The molecule has 1 atom stereocenters. The number of rotatable bonds is 6. The van der Waals surface area contributed by atoms with Crippen LogP contribution in [0.4, 0.5) is 0 Å². The molecule has 0 aliphatic carbocycles. The molecular weight excluding hydrogens is 160 g/mol. The van der Waals surface area contributed by atoms with Crippen LogP contribution >= 0.6 is 0 Å². The molecule has 0 aromatic rings. The van der Waals surface area contributed by atoms with Gasteiger partial charge in [0.15, 0.2) is 0 Å². The van der Waals surface area contributed by atoms with E-state index >= 15 is 0 Å². The lowest BCUT2D eigenvalue weighted by Gasteiger charge is -2.27. The van der Waals surface area contributed by atoms with E-state index in [1.54, 1.807) is 0 Å². The van der Waals surface area contributed by atoms with Gasteiger partial charge in [0.25, 0.3) is 0 Å². The van der Waals surface area contributed by atoms with Crippen molar-refractivity contribution >= 4 is 0 Å². The van der Waals surface area contributed by atoms with Crippen LogP contribution in [0.15, 0.2) is 0 Å². The van der Waals surface area contributed by atoms with Crippen molar-refractivity contribution in [2.45, 2.75) is 47.1 Å². The van der Waals surface area contributed by atoms with Gasteiger partial charge in [0.2, 0.25) is 0 Å². The van der Waals surface area contributed by atoms with Crippen LogP contribution in [0.3, 0.4) is 0 Å². The molecule has 3 N–H and O–H groups in total. The van der Waals surface area contributed by atoms with Crippen LogP contribution in [0.1, 0.15) is 41.0 Å². The van der Waals surface area contributed by atoms with Crippen molar-refractivity contribution in [3.05, 3.63) is 0 Å². The Bertz CT molecular complexity index is 128. The highest BCUT2D eigenvalue weighted by Gasteiger charge is 2.18. The fraction of sp³-hybridized carbons (Fsp3) is 1.00. The second-order valence-electron chi connectivity index (χ2n) is 5.37. The fourth-order valence-electron chi connectivity index (χ4n) is 1.82. The van der Waals surface area contributed by atoms with Gasteiger partial charge >= 0.3 is 0 Å². The second-order valence-corrected chi connectivity index (χ2v) is 5.37. The molecule has 0 radical (unpaired) electrons. The minimum absolute atomic E-state index is 0.259. The molecule has 0 amide bonds. The molecule has 2 heteroatoms. The van der Waals surface area contributed by atoms with Crippen LogP contribution in [0.5, 0.6) is 0 Å². The van der Waals surface area contributed by atoms with Crippen molar-refractivity contribution in [2.75, 3.05) is 13.1 Å². The third kappa shape index (κ3) is 8.26. The van der Waals surface area contributed by atoms with Crippen LogP contribution in [0.25, 0.3) is 0 Å². The lowest BCUT2D eigenvalue weighted by Crippen LogP contribution is -2.37. The summed E-state index contributed by atoms with van der Waals surface area (Å²) in [6.45, 7) is 13.2. The molecule has 0 aromatic carbocycles. The van der Waals surface area contributed by atoms with E-state index in [0.717, 1.165) is 19.0 Å². The van der Waals surface area contributed by atoms with Crippen LogP contribution < -0.4 is 11.1 Å². The number of hydrogen-bond acceptors (Lipinski definition) is 2. The summed E-state index contributed by atoms with van der Waals surface area (Å²) < 4.78 is 0. The van der Waals surface area contributed by atoms with Crippen molar-refractivity contribution in [1.82, 2.24) is 5.32 Å². The van der Waals surface area contributed by atoms with Crippen molar-refractivity contribution in [1.29, 1.82) is 0 Å². The molecule has 0 saturated heterocycles. The Labute approximate surface area is 83.3 Å². The molecule has 0 fully saturated rings. The first kappa shape index (κ1) is 12.9. The highest BCUT2D eigenvalue weighted by molar-refractivity contribution is 4.73. The van der Waals surface area contributed by atoms with Crippen LogP contribution in [-0.2, 0) is 0 Å². The van der Waals surface area contributed by atoms with E-state index in [1.807, 2.05) is 6.92 Å². The zero-order chi connectivity index (χ0) is 10.5. The predicted octanol–water partition coefficient (Wildman–Crippen LogP) is 2.00. The van der Waals surface area contributed by atoms with E-state index in [9.17, 15) is 0 Å². The maximum absolute atomic E-state index is 5.66. The van der Waals surface area contributed by atoms with Gasteiger partial charge in [-0.2, -0.15) is 0 Å². The molecule has 1 unspecified atom stereocenters. The number of nitrogens with one attached hydrogen (secondary N) is 1. The molecule has 0 aliphatic heterocycles. The summed E-state index contributed by atoms with van der Waals surface area (Å²) >= 11 is 0. The average Bonchev–Trinajstić information content (AvgIpc) is 1.81. The molecule has 13 heavy (non-hydrogen) atoms. The maximum Gasteiger partial charge on any atom is 0.0136 e. The molecular formula is C11H26N2. The van der Waals surface area contributed by atoms with E-state index in [2.05, 4.69) is 33.0 Å². The van der Waals surface area contributed by atoms with Gasteiger partial charge in [0.05, 0.1) is 0 Å². The third-order valence-corrected chi connectivity index (χ3v) is 2.03. The van der Waals surface area contributed by atoms with E-state index in [0.29, 0.717) is 5.41 Å². The summed E-state index contributed by atoms with van der Waals surface area (Å²) in [5, 5.41) is 3.41. The Morgan fingerprint density at radius 1 is 1.23 bits per heavy atom. The number of nitrogens with two attached hydrogens (primary N) is 1. The first-order valence-electron chi connectivity index (χ1n) is 5.30. The zero-order valence-corrected chi connectivity index (χ0v) is 9.85. The first-order valence-corrected chi connectivity index (χ1v) is 5.30. The first-order chi connectivity index (χ1) is 5.83. The molecule has 0 bridgehead atoms. The van der Waals surface area contributed by atoms with Gasteiger partial charge in [0.1, 0.15) is 0 Å². The smallest absolute Gasteiger partial charge is 0.0136 e. The van der Waals surface area contributed by atoms with Gasteiger partial charge < -0.3 is 11.1 Å². The molecule has 0 aliphatic rings. The van der Waals surface area contributed by atoms with E-state index in [4.69, 9.17) is 5.73 Å². The van der Waals surface area contributed by atoms with Crippen LogP contribution in [-0.4, -0.2) is 19.1 Å². The molecule has 2 nitrogen and oxygen atoms in total. The summed E-state index contributed by atoms with van der Waals surface area (Å²) in [6.07, 6.45) is 1.26. The Kier molecular flexibility index (Phi) is 5.57. The van der Waals surface area contributed by atoms with Gasteiger partial charge in [-0.1, -0.05) is 27.7 Å². The lowest BCUT2D eigenvalue weighted by molar-refractivity contribution is 0.272. The molecule has 80 valence electrons. The lowest BCUT2D eigenvalue weighted by atomic mass is 9.84. The highest BCUT2D eigenvalue weighted by atomic mass is 14.9. The monoisotopic (exact) mass is 186 g/mol. The van der Waals surface area contributed by atoms with E-state index < -0.39 is 0 Å². The Balaban J connectivity index is 3.62.